The van der Waals surface area contributed by atoms with Gasteiger partial charge in [-0.05, 0) is 35.4 Å². The fraction of sp³-hybridized carbons (Fsp3) is 0.133. The first kappa shape index (κ1) is 16.1. The summed E-state index contributed by atoms with van der Waals surface area (Å²) < 4.78 is 38.0. The number of carboxylic acids is 1. The minimum atomic E-state index is -3.85. The van der Waals surface area contributed by atoms with E-state index in [1.165, 1.54) is 31.3 Å². The van der Waals surface area contributed by atoms with Gasteiger partial charge in [0.1, 0.15) is 12.4 Å². The molecule has 0 aliphatic rings. The highest BCUT2D eigenvalue weighted by Gasteiger charge is 2.22. The molecule has 22 heavy (non-hydrogen) atoms. The largest absolute Gasteiger partial charge is 0.480 e. The summed E-state index contributed by atoms with van der Waals surface area (Å²) in [6.45, 7) is -0.609. The molecule has 0 unspecified atom stereocenters. The number of carbonyl (C=O) groups is 1. The second kappa shape index (κ2) is 6.25. The van der Waals surface area contributed by atoms with Crippen LogP contribution in [0.3, 0.4) is 0 Å². The third-order valence-electron chi connectivity index (χ3n) is 3.10. The zero-order valence-electron chi connectivity index (χ0n) is 11.7. The molecule has 0 fully saturated rings. The second-order valence-corrected chi connectivity index (χ2v) is 6.73. The predicted molar refractivity (Wildman–Crippen MR) is 79.3 cm³/mol. The van der Waals surface area contributed by atoms with Crippen LogP contribution in [0.15, 0.2) is 53.4 Å². The van der Waals surface area contributed by atoms with Crippen molar-refractivity contribution in [3.8, 4) is 11.1 Å². The van der Waals surface area contributed by atoms with Crippen molar-refractivity contribution in [3.05, 3.63) is 54.3 Å². The predicted octanol–water partition coefficient (Wildman–Crippen LogP) is 2.20. The summed E-state index contributed by atoms with van der Waals surface area (Å²) in [5.41, 5.74) is 1.49. The van der Waals surface area contributed by atoms with E-state index in [-0.39, 0.29) is 10.7 Å². The smallest absolute Gasteiger partial charge is 0.318 e. The number of hydrogen-bond donors (Lipinski definition) is 1. The van der Waals surface area contributed by atoms with Gasteiger partial charge in [0.2, 0.25) is 10.0 Å². The number of halogens is 1. The molecule has 2 rings (SSSR count). The number of likely N-dealkylation sites (N-methyl/N-ethyl adjacent to an activating group) is 1. The van der Waals surface area contributed by atoms with Crippen molar-refractivity contribution in [2.45, 2.75) is 4.90 Å². The topological polar surface area (TPSA) is 74.7 Å². The van der Waals surface area contributed by atoms with Gasteiger partial charge in [0, 0.05) is 7.05 Å². The fourth-order valence-electron chi connectivity index (χ4n) is 1.92. The van der Waals surface area contributed by atoms with Gasteiger partial charge in [0.25, 0.3) is 0 Å². The molecule has 2 aromatic carbocycles. The Bertz CT molecular complexity index is 770. The van der Waals surface area contributed by atoms with Crippen LogP contribution in [0.5, 0.6) is 0 Å². The summed E-state index contributed by atoms with van der Waals surface area (Å²) in [6, 6.07) is 11.8. The molecular formula is C15H14FNO4S. The minimum Gasteiger partial charge on any atom is -0.480 e. The van der Waals surface area contributed by atoms with Gasteiger partial charge in [0.05, 0.1) is 4.90 Å². The van der Waals surface area contributed by atoms with Crippen molar-refractivity contribution < 1.29 is 22.7 Å². The van der Waals surface area contributed by atoms with Crippen molar-refractivity contribution in [2.24, 2.45) is 0 Å². The first-order chi connectivity index (χ1) is 10.3. The van der Waals surface area contributed by atoms with Crippen LogP contribution in [0.1, 0.15) is 0 Å². The molecule has 2 aromatic rings. The lowest BCUT2D eigenvalue weighted by molar-refractivity contribution is -0.137. The summed E-state index contributed by atoms with van der Waals surface area (Å²) in [4.78, 5) is 10.6. The Morgan fingerprint density at radius 3 is 1.95 bits per heavy atom. The maximum Gasteiger partial charge on any atom is 0.318 e. The van der Waals surface area contributed by atoms with E-state index in [4.69, 9.17) is 5.11 Å². The number of aliphatic carboxylic acids is 1. The number of carboxylic acid groups (broad SMARTS) is 1. The summed E-state index contributed by atoms with van der Waals surface area (Å²) >= 11 is 0. The maximum atomic E-state index is 12.9. The molecule has 0 atom stereocenters. The van der Waals surface area contributed by atoms with Crippen LogP contribution in [0.4, 0.5) is 4.39 Å². The molecule has 0 bridgehead atoms. The van der Waals surface area contributed by atoms with Crippen molar-refractivity contribution >= 4 is 16.0 Å². The lowest BCUT2D eigenvalue weighted by atomic mass is 10.1. The standard InChI is InChI=1S/C15H14FNO4S/c1-17(10-15(18)19)22(20,21)14-8-4-12(5-9-14)11-2-6-13(16)7-3-11/h2-9H,10H2,1H3,(H,18,19). The van der Waals surface area contributed by atoms with E-state index in [2.05, 4.69) is 0 Å². The highest BCUT2D eigenvalue weighted by Crippen LogP contribution is 2.22. The molecule has 7 heteroatoms. The fourth-order valence-corrected chi connectivity index (χ4v) is 3.04. The highest BCUT2D eigenvalue weighted by atomic mass is 32.2. The van der Waals surface area contributed by atoms with Crippen LogP contribution in [-0.4, -0.2) is 37.4 Å². The Morgan fingerprint density at radius 2 is 1.50 bits per heavy atom. The Hall–Kier alpha value is -2.25. The van der Waals surface area contributed by atoms with Gasteiger partial charge >= 0.3 is 5.97 Å². The van der Waals surface area contributed by atoms with Crippen LogP contribution in [0.25, 0.3) is 11.1 Å². The third-order valence-corrected chi connectivity index (χ3v) is 4.92. The summed E-state index contributed by atoms with van der Waals surface area (Å²) in [5, 5.41) is 8.67. The van der Waals surface area contributed by atoms with Crippen molar-refractivity contribution in [2.75, 3.05) is 13.6 Å². The molecule has 0 spiro atoms. The molecule has 0 amide bonds. The third kappa shape index (κ3) is 3.49. The molecule has 0 saturated carbocycles. The molecular weight excluding hydrogens is 309 g/mol. The van der Waals surface area contributed by atoms with Gasteiger partial charge in [-0.25, -0.2) is 12.8 Å². The van der Waals surface area contributed by atoms with Crippen molar-refractivity contribution in [3.63, 3.8) is 0 Å². The number of rotatable bonds is 5. The van der Waals surface area contributed by atoms with Gasteiger partial charge in [-0.1, -0.05) is 24.3 Å². The lowest BCUT2D eigenvalue weighted by Crippen LogP contribution is -2.31. The molecule has 116 valence electrons. The van der Waals surface area contributed by atoms with Gasteiger partial charge < -0.3 is 5.11 Å². The van der Waals surface area contributed by atoms with Crippen LogP contribution in [0, 0.1) is 5.82 Å². The zero-order chi connectivity index (χ0) is 16.3. The van der Waals surface area contributed by atoms with E-state index in [1.807, 2.05) is 0 Å². The Morgan fingerprint density at radius 1 is 1.05 bits per heavy atom. The average Bonchev–Trinajstić information content (AvgIpc) is 2.47. The van der Waals surface area contributed by atoms with Gasteiger partial charge in [-0.15, -0.1) is 0 Å². The average molecular weight is 323 g/mol. The quantitative estimate of drug-likeness (QED) is 0.915. The van der Waals surface area contributed by atoms with Gasteiger partial charge in [-0.2, -0.15) is 4.31 Å². The molecule has 0 aliphatic carbocycles. The van der Waals surface area contributed by atoms with Crippen LogP contribution < -0.4 is 0 Å². The number of nitrogens with zero attached hydrogens (tertiary/aromatic N) is 1. The molecule has 1 N–H and O–H groups in total. The minimum absolute atomic E-state index is 0.00196. The van der Waals surface area contributed by atoms with Crippen molar-refractivity contribution in [1.82, 2.24) is 4.31 Å². The Kier molecular flexibility index (Phi) is 4.58. The molecule has 0 aromatic heterocycles. The van der Waals surface area contributed by atoms with Gasteiger partial charge in [-0.3, -0.25) is 4.79 Å². The van der Waals surface area contributed by atoms with Gasteiger partial charge in [0.15, 0.2) is 0 Å². The molecule has 5 nitrogen and oxygen atoms in total. The number of benzene rings is 2. The van der Waals surface area contributed by atoms with E-state index in [9.17, 15) is 17.6 Å². The number of hydrogen-bond acceptors (Lipinski definition) is 3. The summed E-state index contributed by atoms with van der Waals surface area (Å²) in [5.74, 6) is -1.58. The Labute approximate surface area is 127 Å². The zero-order valence-corrected chi connectivity index (χ0v) is 12.5. The summed E-state index contributed by atoms with van der Waals surface area (Å²) in [7, 11) is -2.64. The molecule has 0 heterocycles. The van der Waals surface area contributed by atoms with E-state index in [0.717, 1.165) is 15.4 Å². The lowest BCUT2D eigenvalue weighted by Gasteiger charge is -2.15. The first-order valence-corrected chi connectivity index (χ1v) is 7.79. The Balaban J connectivity index is 2.28. The van der Waals surface area contributed by atoms with E-state index >= 15 is 0 Å². The maximum absolute atomic E-state index is 12.9. The van der Waals surface area contributed by atoms with E-state index < -0.39 is 22.5 Å². The van der Waals surface area contributed by atoms with Crippen molar-refractivity contribution in [1.29, 1.82) is 0 Å². The SMILES string of the molecule is CN(CC(=O)O)S(=O)(=O)c1ccc(-c2ccc(F)cc2)cc1. The molecule has 0 radical (unpaired) electrons. The number of sulfonamides is 1. The van der Waals surface area contributed by atoms with E-state index in [0.29, 0.717) is 0 Å². The molecule has 0 saturated heterocycles. The first-order valence-electron chi connectivity index (χ1n) is 6.35. The van der Waals surface area contributed by atoms with Crippen LogP contribution >= 0.6 is 0 Å². The normalized spacial score (nSPS) is 11.6. The highest BCUT2D eigenvalue weighted by molar-refractivity contribution is 7.89. The van der Waals surface area contributed by atoms with Crippen LogP contribution in [-0.2, 0) is 14.8 Å². The van der Waals surface area contributed by atoms with Crippen LogP contribution in [0.2, 0.25) is 0 Å². The molecule has 0 aliphatic heterocycles. The van der Waals surface area contributed by atoms with E-state index in [1.54, 1.807) is 24.3 Å². The monoisotopic (exact) mass is 323 g/mol. The second-order valence-electron chi connectivity index (χ2n) is 4.69. The summed E-state index contributed by atoms with van der Waals surface area (Å²) in [6.07, 6.45) is 0.